The Morgan fingerprint density at radius 1 is 1.29 bits per heavy atom. The second kappa shape index (κ2) is 5.67. The molecule has 1 aliphatic carbocycles. The van der Waals surface area contributed by atoms with Crippen LogP contribution in [0.5, 0.6) is 5.75 Å². The maximum absolute atomic E-state index is 12.1. The molecule has 0 spiro atoms. The molecule has 0 radical (unpaired) electrons. The molecule has 0 aliphatic heterocycles. The minimum atomic E-state index is 0.245. The zero-order chi connectivity index (χ0) is 12.1. The molecule has 0 fully saturated rings. The highest BCUT2D eigenvalue weighted by molar-refractivity contribution is 5.97. The van der Waals surface area contributed by atoms with E-state index in [0.29, 0.717) is 6.42 Å². The number of Topliss-reactive ketones (excluding diaryl/α,β-unsaturated/α-hetero) is 1. The number of benzene rings is 1. The normalized spacial score (nSPS) is 15.2. The van der Waals surface area contributed by atoms with Crippen LogP contribution in [0.3, 0.4) is 0 Å². The molecule has 0 saturated carbocycles. The summed E-state index contributed by atoms with van der Waals surface area (Å²) in [6, 6.07) is 7.73. The maximum Gasteiger partial charge on any atom is 0.163 e. The molecule has 0 N–H and O–H groups in total. The molecule has 0 amide bonds. The Hall–Kier alpha value is -1.57. The summed E-state index contributed by atoms with van der Waals surface area (Å²) in [6.07, 6.45) is 6.90. The summed E-state index contributed by atoms with van der Waals surface area (Å²) < 4.78 is 5.26. The number of hydrogen-bond acceptors (Lipinski definition) is 2. The number of allylic oxidation sites excluding steroid dienone is 2. The standard InChI is InChI=1S/C15H18O2/c1-17-15-10-6-5-9-13(15)11-14(16)12-7-3-2-4-8-12/h5-7,9-10H,2-4,8,11H2,1H3. The van der Waals surface area contributed by atoms with Gasteiger partial charge in [0.25, 0.3) is 0 Å². The zero-order valence-corrected chi connectivity index (χ0v) is 10.2. The Morgan fingerprint density at radius 2 is 2.12 bits per heavy atom. The van der Waals surface area contributed by atoms with Crippen LogP contribution < -0.4 is 4.74 Å². The van der Waals surface area contributed by atoms with Crippen LogP contribution in [0.1, 0.15) is 31.2 Å². The van der Waals surface area contributed by atoms with Crippen LogP contribution in [0.2, 0.25) is 0 Å². The van der Waals surface area contributed by atoms with Gasteiger partial charge in [-0.05, 0) is 37.3 Å². The van der Waals surface area contributed by atoms with Crippen molar-refractivity contribution in [2.45, 2.75) is 32.1 Å². The maximum atomic E-state index is 12.1. The van der Waals surface area contributed by atoms with E-state index in [-0.39, 0.29) is 5.78 Å². The second-order valence-electron chi connectivity index (χ2n) is 4.39. The van der Waals surface area contributed by atoms with Crippen molar-refractivity contribution >= 4 is 5.78 Å². The third-order valence-corrected chi connectivity index (χ3v) is 3.19. The monoisotopic (exact) mass is 230 g/mol. The SMILES string of the molecule is COc1ccccc1CC(=O)C1=CCCCC1. The highest BCUT2D eigenvalue weighted by Gasteiger charge is 2.14. The van der Waals surface area contributed by atoms with Gasteiger partial charge in [-0.1, -0.05) is 24.3 Å². The van der Waals surface area contributed by atoms with Gasteiger partial charge in [0.1, 0.15) is 5.75 Å². The first-order chi connectivity index (χ1) is 8.31. The van der Waals surface area contributed by atoms with E-state index < -0.39 is 0 Å². The molecule has 0 heterocycles. The quantitative estimate of drug-likeness (QED) is 0.793. The van der Waals surface area contributed by atoms with Crippen LogP contribution in [0.15, 0.2) is 35.9 Å². The summed E-state index contributed by atoms with van der Waals surface area (Å²) in [4.78, 5) is 12.1. The van der Waals surface area contributed by atoms with E-state index in [4.69, 9.17) is 4.74 Å². The van der Waals surface area contributed by atoms with Crippen LogP contribution in [0.25, 0.3) is 0 Å². The molecule has 2 rings (SSSR count). The van der Waals surface area contributed by atoms with Gasteiger partial charge in [-0.2, -0.15) is 0 Å². The zero-order valence-electron chi connectivity index (χ0n) is 10.2. The number of para-hydroxylation sites is 1. The first-order valence-corrected chi connectivity index (χ1v) is 6.15. The van der Waals surface area contributed by atoms with Gasteiger partial charge < -0.3 is 4.74 Å². The fourth-order valence-electron chi connectivity index (χ4n) is 2.23. The van der Waals surface area contributed by atoms with Crippen molar-refractivity contribution in [1.82, 2.24) is 0 Å². The van der Waals surface area contributed by atoms with E-state index in [1.165, 1.54) is 6.42 Å². The predicted molar refractivity (Wildman–Crippen MR) is 68.3 cm³/mol. The van der Waals surface area contributed by atoms with Gasteiger partial charge >= 0.3 is 0 Å². The van der Waals surface area contributed by atoms with Crippen molar-refractivity contribution in [3.63, 3.8) is 0 Å². The van der Waals surface area contributed by atoms with Gasteiger partial charge in [-0.3, -0.25) is 4.79 Å². The Labute approximate surface area is 102 Å². The number of ether oxygens (including phenoxy) is 1. The predicted octanol–water partition coefficient (Wildman–Crippen LogP) is 3.31. The fraction of sp³-hybridized carbons (Fsp3) is 0.400. The van der Waals surface area contributed by atoms with Crippen molar-refractivity contribution in [3.05, 3.63) is 41.5 Å². The number of ketones is 1. The van der Waals surface area contributed by atoms with Gasteiger partial charge in [0, 0.05) is 12.0 Å². The lowest BCUT2D eigenvalue weighted by Crippen LogP contribution is -2.09. The molecule has 90 valence electrons. The number of carbonyl (C=O) groups is 1. The van der Waals surface area contributed by atoms with Crippen molar-refractivity contribution in [2.75, 3.05) is 7.11 Å². The lowest BCUT2D eigenvalue weighted by Gasteiger charge is -2.12. The number of methoxy groups -OCH3 is 1. The Morgan fingerprint density at radius 3 is 2.82 bits per heavy atom. The van der Waals surface area contributed by atoms with Gasteiger partial charge in [-0.15, -0.1) is 0 Å². The van der Waals surface area contributed by atoms with Gasteiger partial charge in [0.05, 0.1) is 7.11 Å². The van der Waals surface area contributed by atoms with E-state index in [1.807, 2.05) is 24.3 Å². The van der Waals surface area contributed by atoms with Crippen LogP contribution >= 0.6 is 0 Å². The molecule has 0 unspecified atom stereocenters. The molecule has 0 saturated heterocycles. The molecule has 2 nitrogen and oxygen atoms in total. The van der Waals surface area contributed by atoms with Crippen molar-refractivity contribution in [2.24, 2.45) is 0 Å². The average molecular weight is 230 g/mol. The topological polar surface area (TPSA) is 26.3 Å². The lowest BCUT2D eigenvalue weighted by atomic mass is 9.93. The molecule has 17 heavy (non-hydrogen) atoms. The first kappa shape index (κ1) is 11.9. The molecule has 0 atom stereocenters. The van der Waals surface area contributed by atoms with Crippen molar-refractivity contribution in [1.29, 1.82) is 0 Å². The highest BCUT2D eigenvalue weighted by atomic mass is 16.5. The minimum absolute atomic E-state index is 0.245. The second-order valence-corrected chi connectivity index (χ2v) is 4.39. The average Bonchev–Trinajstić information content (AvgIpc) is 2.40. The third kappa shape index (κ3) is 2.96. The molecule has 0 bridgehead atoms. The van der Waals surface area contributed by atoms with Crippen LogP contribution in [0.4, 0.5) is 0 Å². The molecular weight excluding hydrogens is 212 g/mol. The van der Waals surface area contributed by atoms with E-state index in [9.17, 15) is 4.79 Å². The van der Waals surface area contributed by atoms with E-state index in [0.717, 1.165) is 36.1 Å². The van der Waals surface area contributed by atoms with Crippen LogP contribution in [0, 0.1) is 0 Å². The summed E-state index contributed by atoms with van der Waals surface area (Å²) >= 11 is 0. The van der Waals surface area contributed by atoms with Crippen LogP contribution in [-0.4, -0.2) is 12.9 Å². The molecule has 0 aromatic heterocycles. The first-order valence-electron chi connectivity index (χ1n) is 6.15. The fourth-order valence-corrected chi connectivity index (χ4v) is 2.23. The van der Waals surface area contributed by atoms with E-state index in [2.05, 4.69) is 6.08 Å². The van der Waals surface area contributed by atoms with Gasteiger partial charge in [0.15, 0.2) is 5.78 Å². The number of hydrogen-bond donors (Lipinski definition) is 0. The van der Waals surface area contributed by atoms with Gasteiger partial charge in [0.2, 0.25) is 0 Å². The molecule has 1 aliphatic rings. The van der Waals surface area contributed by atoms with E-state index >= 15 is 0 Å². The summed E-state index contributed by atoms with van der Waals surface area (Å²) in [5, 5.41) is 0. The smallest absolute Gasteiger partial charge is 0.163 e. The molecule has 1 aromatic rings. The number of rotatable bonds is 4. The largest absolute Gasteiger partial charge is 0.496 e. The Balaban J connectivity index is 2.09. The Kier molecular flexibility index (Phi) is 3.97. The van der Waals surface area contributed by atoms with E-state index in [1.54, 1.807) is 7.11 Å². The lowest BCUT2D eigenvalue weighted by molar-refractivity contribution is -0.115. The van der Waals surface area contributed by atoms with Crippen molar-refractivity contribution in [3.8, 4) is 5.75 Å². The summed E-state index contributed by atoms with van der Waals surface area (Å²) in [5.41, 5.74) is 1.98. The molecule has 1 aromatic carbocycles. The third-order valence-electron chi connectivity index (χ3n) is 3.19. The Bertz CT molecular complexity index is 432. The molecule has 2 heteroatoms. The minimum Gasteiger partial charge on any atom is -0.496 e. The summed E-state index contributed by atoms with van der Waals surface area (Å²) in [7, 11) is 1.64. The summed E-state index contributed by atoms with van der Waals surface area (Å²) in [6.45, 7) is 0. The number of carbonyl (C=O) groups excluding carboxylic acids is 1. The highest BCUT2D eigenvalue weighted by Crippen LogP contribution is 2.23. The summed E-state index contributed by atoms with van der Waals surface area (Å²) in [5.74, 6) is 1.05. The van der Waals surface area contributed by atoms with Crippen LogP contribution in [-0.2, 0) is 11.2 Å². The van der Waals surface area contributed by atoms with Gasteiger partial charge in [-0.25, -0.2) is 0 Å². The molecular formula is C15H18O2. The van der Waals surface area contributed by atoms with Crippen molar-refractivity contribution < 1.29 is 9.53 Å².